The lowest BCUT2D eigenvalue weighted by Crippen LogP contribution is -2.58. The maximum absolute atomic E-state index is 11.8. The second-order valence-electron chi connectivity index (χ2n) is 2.05. The topological polar surface area (TPSA) is 20.2 Å². The molecular weight excluding hydrogens is 216 g/mol. The summed E-state index contributed by atoms with van der Waals surface area (Å²) in [5.41, 5.74) is 0. The summed E-state index contributed by atoms with van der Waals surface area (Å²) in [4.78, 5) is 0. The molecule has 1 unspecified atom stereocenters. The molecule has 0 radical (unpaired) electrons. The minimum atomic E-state index is -6.58. The molecule has 0 aliphatic carbocycles. The number of alkyl halides is 8. The Morgan fingerprint density at radius 3 is 1.23 bits per heavy atom. The lowest BCUT2D eigenvalue weighted by molar-refractivity contribution is -0.396. The van der Waals surface area contributed by atoms with Crippen LogP contribution in [0.25, 0.3) is 0 Å². The van der Waals surface area contributed by atoms with Crippen LogP contribution >= 0.6 is 0 Å². The normalized spacial score (nSPS) is 18.9. The van der Waals surface area contributed by atoms with Crippen LogP contribution in [0.2, 0.25) is 0 Å². The first kappa shape index (κ1) is 12.4. The molecule has 0 fully saturated rings. The standard InChI is InChI=1S/C4H2F8O/c5-1(6)2(7,13)3(8,9)4(10,11)12/h1,13H. The first-order chi connectivity index (χ1) is 5.44. The van der Waals surface area contributed by atoms with Gasteiger partial charge in [-0.15, -0.1) is 0 Å². The molecule has 0 heterocycles. The van der Waals surface area contributed by atoms with Crippen LogP contribution in [0.5, 0.6) is 0 Å². The minimum absolute atomic E-state index is 4.86. The van der Waals surface area contributed by atoms with Crippen molar-refractivity contribution in [2.24, 2.45) is 0 Å². The number of halogens is 8. The van der Waals surface area contributed by atoms with Crippen LogP contribution < -0.4 is 0 Å². The monoisotopic (exact) mass is 218 g/mol. The molecule has 0 spiro atoms. The summed E-state index contributed by atoms with van der Waals surface area (Å²) in [6.07, 6.45) is -11.4. The molecule has 9 heteroatoms. The van der Waals surface area contributed by atoms with E-state index >= 15 is 0 Å². The van der Waals surface area contributed by atoms with Crippen molar-refractivity contribution < 1.29 is 40.2 Å². The lowest BCUT2D eigenvalue weighted by atomic mass is 10.1. The Hall–Kier alpha value is -0.600. The summed E-state index contributed by atoms with van der Waals surface area (Å²) in [6, 6.07) is 0. The zero-order valence-corrected chi connectivity index (χ0v) is 5.55. The van der Waals surface area contributed by atoms with Gasteiger partial charge in [0, 0.05) is 0 Å². The molecule has 0 amide bonds. The van der Waals surface area contributed by atoms with Gasteiger partial charge in [0.25, 0.3) is 0 Å². The van der Waals surface area contributed by atoms with Crippen LogP contribution in [0.4, 0.5) is 35.1 Å². The third-order valence-electron chi connectivity index (χ3n) is 1.09. The maximum atomic E-state index is 11.8. The predicted molar refractivity (Wildman–Crippen MR) is 23.1 cm³/mol. The molecule has 1 nitrogen and oxygen atoms in total. The first-order valence-electron chi connectivity index (χ1n) is 2.58. The lowest BCUT2D eigenvalue weighted by Gasteiger charge is -2.28. The Bertz CT molecular complexity index is 181. The van der Waals surface area contributed by atoms with E-state index in [1.165, 1.54) is 0 Å². The molecule has 0 aromatic rings. The molecule has 0 rings (SSSR count). The first-order valence-corrected chi connectivity index (χ1v) is 2.58. The number of hydrogen-bond donors (Lipinski definition) is 1. The van der Waals surface area contributed by atoms with Crippen molar-refractivity contribution in [3.8, 4) is 0 Å². The van der Waals surface area contributed by atoms with Crippen molar-refractivity contribution in [1.29, 1.82) is 0 Å². The summed E-state index contributed by atoms with van der Waals surface area (Å²) in [5, 5.41) is 7.57. The van der Waals surface area contributed by atoms with E-state index in [2.05, 4.69) is 0 Å². The van der Waals surface area contributed by atoms with Crippen molar-refractivity contribution in [2.75, 3.05) is 0 Å². The van der Waals surface area contributed by atoms with Gasteiger partial charge in [0.2, 0.25) is 0 Å². The quantitative estimate of drug-likeness (QED) is 0.703. The molecule has 0 aromatic heterocycles. The largest absolute Gasteiger partial charge is 0.459 e. The third kappa shape index (κ3) is 1.84. The van der Waals surface area contributed by atoms with Crippen molar-refractivity contribution in [2.45, 2.75) is 24.4 Å². The summed E-state index contributed by atoms with van der Waals surface area (Å²) >= 11 is 0. The van der Waals surface area contributed by atoms with Gasteiger partial charge in [-0.1, -0.05) is 0 Å². The highest BCUT2D eigenvalue weighted by atomic mass is 19.4. The second kappa shape index (κ2) is 2.96. The average molecular weight is 218 g/mol. The Morgan fingerprint density at radius 1 is 0.846 bits per heavy atom. The number of hydrogen-bond acceptors (Lipinski definition) is 1. The molecule has 80 valence electrons. The highest BCUT2D eigenvalue weighted by molar-refractivity contribution is 4.92. The highest BCUT2D eigenvalue weighted by Gasteiger charge is 2.75. The fraction of sp³-hybridized carbons (Fsp3) is 1.00. The Labute approximate surface area is 66.0 Å². The van der Waals surface area contributed by atoms with Gasteiger partial charge in [-0.3, -0.25) is 0 Å². The van der Waals surface area contributed by atoms with E-state index in [4.69, 9.17) is 5.11 Å². The fourth-order valence-corrected chi connectivity index (χ4v) is 0.336. The van der Waals surface area contributed by atoms with Gasteiger partial charge in [0.1, 0.15) is 0 Å². The van der Waals surface area contributed by atoms with Gasteiger partial charge in [0.15, 0.2) is 0 Å². The molecular formula is C4H2F8O. The minimum Gasteiger partial charge on any atom is -0.352 e. The van der Waals surface area contributed by atoms with E-state index in [-0.39, 0.29) is 0 Å². The van der Waals surface area contributed by atoms with Gasteiger partial charge in [0.05, 0.1) is 0 Å². The van der Waals surface area contributed by atoms with Gasteiger partial charge in [-0.05, 0) is 0 Å². The number of aliphatic hydroxyl groups is 1. The summed E-state index contributed by atoms with van der Waals surface area (Å²) in [5.74, 6) is -12.4. The molecule has 0 aromatic carbocycles. The molecule has 1 N–H and O–H groups in total. The molecule has 0 saturated carbocycles. The number of rotatable bonds is 2. The third-order valence-corrected chi connectivity index (χ3v) is 1.09. The zero-order valence-electron chi connectivity index (χ0n) is 5.55. The van der Waals surface area contributed by atoms with Crippen molar-refractivity contribution >= 4 is 0 Å². The van der Waals surface area contributed by atoms with Gasteiger partial charge < -0.3 is 5.11 Å². The summed E-state index contributed by atoms with van der Waals surface area (Å²) < 4.78 is 91.4. The average Bonchev–Trinajstić information content (AvgIpc) is 1.84. The van der Waals surface area contributed by atoms with E-state index in [0.29, 0.717) is 0 Å². The van der Waals surface area contributed by atoms with Crippen LogP contribution in [0.1, 0.15) is 0 Å². The van der Waals surface area contributed by atoms with E-state index in [1.54, 1.807) is 0 Å². The van der Waals surface area contributed by atoms with Crippen molar-refractivity contribution in [3.05, 3.63) is 0 Å². The van der Waals surface area contributed by atoms with Crippen LogP contribution in [0.3, 0.4) is 0 Å². The van der Waals surface area contributed by atoms with Crippen LogP contribution in [0.15, 0.2) is 0 Å². The predicted octanol–water partition coefficient (Wildman–Crippen LogP) is 2.11. The van der Waals surface area contributed by atoms with Crippen molar-refractivity contribution in [3.63, 3.8) is 0 Å². The van der Waals surface area contributed by atoms with Gasteiger partial charge in [-0.2, -0.15) is 26.3 Å². The molecule has 0 bridgehead atoms. The zero-order chi connectivity index (χ0) is 11.1. The van der Waals surface area contributed by atoms with Gasteiger partial charge in [-0.25, -0.2) is 8.78 Å². The molecule has 0 aliphatic heterocycles. The molecule has 13 heavy (non-hydrogen) atoms. The Kier molecular flexibility index (Phi) is 2.83. The SMILES string of the molecule is OC(F)(C(F)F)C(F)(F)C(F)(F)F. The van der Waals surface area contributed by atoms with E-state index in [1.807, 2.05) is 0 Å². The van der Waals surface area contributed by atoms with Crippen LogP contribution in [0, 0.1) is 0 Å². The Morgan fingerprint density at radius 2 is 1.15 bits per heavy atom. The Balaban J connectivity index is 5.04. The van der Waals surface area contributed by atoms with Crippen LogP contribution in [-0.2, 0) is 0 Å². The summed E-state index contributed by atoms with van der Waals surface area (Å²) in [6.45, 7) is 0. The summed E-state index contributed by atoms with van der Waals surface area (Å²) in [7, 11) is 0. The van der Waals surface area contributed by atoms with E-state index < -0.39 is 24.4 Å². The molecule has 0 aliphatic rings. The smallest absolute Gasteiger partial charge is 0.352 e. The molecule has 0 saturated heterocycles. The van der Waals surface area contributed by atoms with Gasteiger partial charge >= 0.3 is 24.4 Å². The maximum Gasteiger partial charge on any atom is 0.459 e. The van der Waals surface area contributed by atoms with Crippen molar-refractivity contribution in [1.82, 2.24) is 0 Å². The van der Waals surface area contributed by atoms with Crippen LogP contribution in [-0.4, -0.2) is 29.5 Å². The highest BCUT2D eigenvalue weighted by Crippen LogP contribution is 2.46. The molecule has 1 atom stereocenters. The fourth-order valence-electron chi connectivity index (χ4n) is 0.336. The van der Waals surface area contributed by atoms with E-state index in [9.17, 15) is 35.1 Å². The van der Waals surface area contributed by atoms with E-state index in [0.717, 1.165) is 0 Å². The second-order valence-corrected chi connectivity index (χ2v) is 2.05.